The number of rotatable bonds is 7. The number of fused-ring (bicyclic) bond motifs is 1. The van der Waals surface area contributed by atoms with Gasteiger partial charge in [0.1, 0.15) is 11.4 Å². The number of imidazole rings is 2. The third-order valence-electron chi connectivity index (χ3n) is 8.17. The Morgan fingerprint density at radius 2 is 1.98 bits per heavy atom. The largest absolute Gasteiger partial charge is 0.493 e. The van der Waals surface area contributed by atoms with Crippen molar-refractivity contribution >= 4 is 6.03 Å². The van der Waals surface area contributed by atoms with Crippen molar-refractivity contribution in [2.45, 2.75) is 69.7 Å². The molecule has 2 aliphatic heterocycles. The average molecular weight is 575 g/mol. The summed E-state index contributed by atoms with van der Waals surface area (Å²) in [6.07, 6.45) is 5.07. The highest BCUT2D eigenvalue weighted by Gasteiger charge is 2.36. The fraction of sp³-hybridized carbons (Fsp3) is 0.536. The molecular weight excluding hydrogens is 538 g/mol. The van der Waals surface area contributed by atoms with E-state index >= 15 is 0 Å². The summed E-state index contributed by atoms with van der Waals surface area (Å²) in [6.45, 7) is 4.80. The first-order chi connectivity index (χ1) is 19.6. The molecule has 0 aliphatic carbocycles. The standard InChI is InChI=1S/C28H36F2N6O5/c1-28(2,41-13-12-37)22-14-31-25-21(7-6-17(15-36(22)25)19-4-3-5-20(29)24(19)30)32-26(39)34-10-8-18(9-11-34)35-16-23(38)33-27(35)40/h3-5,14,16-18,21,37-38H,6-13,15H2,1-2H3,(H,32,39)(H,33,40)/t17-,21-/m1/s1. The van der Waals surface area contributed by atoms with Crippen LogP contribution in [0, 0.1) is 11.6 Å². The first-order valence-corrected chi connectivity index (χ1v) is 13.9. The van der Waals surface area contributed by atoms with Gasteiger partial charge in [-0.15, -0.1) is 0 Å². The second-order valence-electron chi connectivity index (χ2n) is 11.2. The molecule has 2 aliphatic rings. The van der Waals surface area contributed by atoms with Crippen molar-refractivity contribution in [3.05, 3.63) is 69.8 Å². The number of urea groups is 1. The van der Waals surface area contributed by atoms with Gasteiger partial charge in [0.15, 0.2) is 11.6 Å². The van der Waals surface area contributed by atoms with Crippen LogP contribution in [0.15, 0.2) is 35.4 Å². The van der Waals surface area contributed by atoms with Crippen molar-refractivity contribution in [1.29, 1.82) is 0 Å². The second kappa shape index (κ2) is 11.6. The Kier molecular flexibility index (Phi) is 8.18. The molecule has 3 aromatic rings. The predicted molar refractivity (Wildman–Crippen MR) is 144 cm³/mol. The number of aromatic nitrogens is 4. The minimum atomic E-state index is -0.908. The first-order valence-electron chi connectivity index (χ1n) is 13.9. The molecule has 222 valence electrons. The molecule has 2 aromatic heterocycles. The fourth-order valence-corrected chi connectivity index (χ4v) is 6.01. The number of carbonyl (C=O) groups is 1. The maximum atomic E-state index is 14.9. The van der Waals surface area contributed by atoms with E-state index in [1.54, 1.807) is 17.2 Å². The van der Waals surface area contributed by atoms with Crippen molar-refractivity contribution < 1.29 is 28.5 Å². The molecule has 1 aromatic carbocycles. The van der Waals surface area contributed by atoms with Crippen molar-refractivity contribution in [1.82, 2.24) is 29.3 Å². The summed E-state index contributed by atoms with van der Waals surface area (Å²) in [7, 11) is 0. The zero-order valence-corrected chi connectivity index (χ0v) is 23.1. The lowest BCUT2D eigenvalue weighted by Crippen LogP contribution is -2.46. The molecule has 0 spiro atoms. The lowest BCUT2D eigenvalue weighted by atomic mass is 9.92. The van der Waals surface area contributed by atoms with E-state index in [1.165, 1.54) is 16.8 Å². The van der Waals surface area contributed by atoms with Crippen LogP contribution in [0.1, 0.15) is 74.6 Å². The number of aliphatic hydroxyl groups excluding tert-OH is 1. The number of ether oxygens (including phenoxy) is 1. The Labute approximate surface area is 235 Å². The number of benzene rings is 1. The normalized spacial score (nSPS) is 20.1. The number of piperidine rings is 1. The summed E-state index contributed by atoms with van der Waals surface area (Å²) in [4.78, 5) is 34.1. The van der Waals surface area contributed by atoms with Gasteiger partial charge in [0.05, 0.1) is 37.3 Å². The van der Waals surface area contributed by atoms with Gasteiger partial charge in [-0.25, -0.2) is 23.4 Å². The lowest BCUT2D eigenvalue weighted by Gasteiger charge is -2.33. The second-order valence-corrected chi connectivity index (χ2v) is 11.2. The summed E-state index contributed by atoms with van der Waals surface area (Å²) < 4.78 is 38.3. The predicted octanol–water partition coefficient (Wildman–Crippen LogP) is 3.27. The van der Waals surface area contributed by atoms with Gasteiger partial charge in [0.25, 0.3) is 0 Å². The number of aromatic amines is 1. The van der Waals surface area contributed by atoms with Crippen LogP contribution >= 0.6 is 0 Å². The molecule has 11 nitrogen and oxygen atoms in total. The van der Waals surface area contributed by atoms with E-state index in [1.807, 2.05) is 18.4 Å². The molecule has 41 heavy (non-hydrogen) atoms. The number of carbonyl (C=O) groups excluding carboxylic acids is 1. The average Bonchev–Trinajstić information content (AvgIpc) is 3.48. The van der Waals surface area contributed by atoms with Gasteiger partial charge >= 0.3 is 11.7 Å². The van der Waals surface area contributed by atoms with Crippen LogP contribution in [0.2, 0.25) is 0 Å². The molecule has 1 fully saturated rings. The van der Waals surface area contributed by atoms with Crippen LogP contribution < -0.4 is 11.0 Å². The van der Waals surface area contributed by atoms with Gasteiger partial charge < -0.3 is 29.7 Å². The van der Waals surface area contributed by atoms with Crippen LogP contribution in [-0.2, 0) is 16.9 Å². The highest BCUT2D eigenvalue weighted by Crippen LogP contribution is 2.38. The third-order valence-corrected chi connectivity index (χ3v) is 8.17. The number of likely N-dealkylation sites (tertiary alicyclic amines) is 1. The zero-order valence-electron chi connectivity index (χ0n) is 23.1. The Bertz CT molecular complexity index is 1440. The fourth-order valence-electron chi connectivity index (χ4n) is 6.01. The number of aromatic hydroxyl groups is 1. The number of hydrogen-bond acceptors (Lipinski definition) is 6. The summed E-state index contributed by atoms with van der Waals surface area (Å²) in [5.41, 5.74) is -0.263. The quantitative estimate of drug-likeness (QED) is 0.342. The van der Waals surface area contributed by atoms with E-state index in [2.05, 4.69) is 15.3 Å². The number of nitrogens with zero attached hydrogens (tertiary/aromatic N) is 4. The Morgan fingerprint density at radius 1 is 1.22 bits per heavy atom. The molecule has 4 N–H and O–H groups in total. The molecule has 13 heteroatoms. The maximum Gasteiger partial charge on any atom is 0.328 e. The van der Waals surface area contributed by atoms with Gasteiger partial charge in [-0.05, 0) is 51.2 Å². The van der Waals surface area contributed by atoms with Crippen LogP contribution in [-0.4, -0.2) is 66.5 Å². The molecule has 4 heterocycles. The summed E-state index contributed by atoms with van der Waals surface area (Å²) in [6, 6.07) is 3.27. The van der Waals surface area contributed by atoms with E-state index in [4.69, 9.17) is 4.74 Å². The number of H-pyrrole nitrogens is 1. The minimum Gasteiger partial charge on any atom is -0.493 e. The third kappa shape index (κ3) is 5.87. The van der Waals surface area contributed by atoms with Gasteiger partial charge in [-0.3, -0.25) is 9.55 Å². The van der Waals surface area contributed by atoms with Crippen molar-refractivity contribution in [3.8, 4) is 5.88 Å². The molecule has 0 radical (unpaired) electrons. The molecule has 0 unspecified atom stereocenters. The van der Waals surface area contributed by atoms with Gasteiger partial charge in [0, 0.05) is 31.6 Å². The molecule has 5 rings (SSSR count). The Hall–Kier alpha value is -3.71. The van der Waals surface area contributed by atoms with Gasteiger partial charge in [-0.2, -0.15) is 0 Å². The first kappa shape index (κ1) is 28.8. The van der Waals surface area contributed by atoms with Gasteiger partial charge in [0.2, 0.25) is 5.88 Å². The van der Waals surface area contributed by atoms with Crippen molar-refractivity contribution in [2.75, 3.05) is 26.3 Å². The van der Waals surface area contributed by atoms with Crippen LogP contribution in [0.4, 0.5) is 13.6 Å². The minimum absolute atomic E-state index is 0.111. The summed E-state index contributed by atoms with van der Waals surface area (Å²) in [5.74, 6) is -1.76. The van der Waals surface area contributed by atoms with E-state index in [9.17, 15) is 28.6 Å². The van der Waals surface area contributed by atoms with Crippen LogP contribution in [0.3, 0.4) is 0 Å². The Morgan fingerprint density at radius 3 is 2.66 bits per heavy atom. The molecular formula is C28H36F2N6O5. The topological polar surface area (TPSA) is 138 Å². The number of nitrogens with one attached hydrogen (secondary N) is 2. The van der Waals surface area contributed by atoms with Crippen molar-refractivity contribution in [2.24, 2.45) is 0 Å². The zero-order chi connectivity index (χ0) is 29.3. The number of amides is 2. The highest BCUT2D eigenvalue weighted by atomic mass is 19.2. The Balaban J connectivity index is 1.37. The number of hydrogen-bond donors (Lipinski definition) is 4. The van der Waals surface area contributed by atoms with Crippen LogP contribution in [0.5, 0.6) is 5.88 Å². The SMILES string of the molecule is CC(C)(OCCO)c1cnc2n1C[C@H](c1cccc(F)c1F)CC[C@H]2NC(=O)N1CCC(n2cc(O)[nH]c2=O)CC1. The van der Waals surface area contributed by atoms with Crippen molar-refractivity contribution in [3.63, 3.8) is 0 Å². The number of aliphatic hydroxyl groups is 1. The monoisotopic (exact) mass is 574 g/mol. The van der Waals surface area contributed by atoms with E-state index in [0.29, 0.717) is 56.8 Å². The smallest absolute Gasteiger partial charge is 0.328 e. The van der Waals surface area contributed by atoms with Gasteiger partial charge in [-0.1, -0.05) is 12.1 Å². The van der Waals surface area contributed by atoms with E-state index < -0.39 is 23.3 Å². The molecule has 2 amide bonds. The number of halogens is 2. The van der Waals surface area contributed by atoms with E-state index in [0.717, 1.165) is 6.07 Å². The molecule has 1 saturated heterocycles. The maximum absolute atomic E-state index is 14.9. The molecule has 0 bridgehead atoms. The molecule has 2 atom stereocenters. The lowest BCUT2D eigenvalue weighted by molar-refractivity contribution is -0.0421. The summed E-state index contributed by atoms with van der Waals surface area (Å²) >= 11 is 0. The van der Waals surface area contributed by atoms with E-state index in [-0.39, 0.29) is 48.3 Å². The molecule has 0 saturated carbocycles. The van der Waals surface area contributed by atoms with Crippen LogP contribution in [0.25, 0.3) is 0 Å². The highest BCUT2D eigenvalue weighted by molar-refractivity contribution is 5.74. The summed E-state index contributed by atoms with van der Waals surface area (Å²) in [5, 5.41) is 22.0.